The van der Waals surface area contributed by atoms with Crippen molar-refractivity contribution in [3.63, 3.8) is 0 Å². The first-order valence-corrected chi connectivity index (χ1v) is 6.21. The summed E-state index contributed by atoms with van der Waals surface area (Å²) >= 11 is 3.36. The first kappa shape index (κ1) is 12.6. The van der Waals surface area contributed by atoms with Crippen LogP contribution in [-0.2, 0) is 7.05 Å². The normalized spacial score (nSPS) is 11.9. The van der Waals surface area contributed by atoms with Crippen LogP contribution in [0.4, 0.5) is 5.69 Å². The predicted molar refractivity (Wildman–Crippen MR) is 71.9 cm³/mol. The minimum Gasteiger partial charge on any atom is -0.375 e. The number of benzene rings is 1. The van der Waals surface area contributed by atoms with Crippen LogP contribution >= 0.6 is 15.9 Å². The summed E-state index contributed by atoms with van der Waals surface area (Å²) in [4.78, 5) is 0. The lowest BCUT2D eigenvalue weighted by Crippen LogP contribution is -2.11. The van der Waals surface area contributed by atoms with Gasteiger partial charge in [-0.2, -0.15) is 5.26 Å². The van der Waals surface area contributed by atoms with Crippen LogP contribution in [0.1, 0.15) is 24.4 Å². The highest BCUT2D eigenvalue weighted by Crippen LogP contribution is 2.23. The molecule has 5 nitrogen and oxygen atoms in total. The van der Waals surface area contributed by atoms with E-state index in [9.17, 15) is 0 Å². The second kappa shape index (κ2) is 5.19. The smallest absolute Gasteiger partial charge is 0.154 e. The van der Waals surface area contributed by atoms with Gasteiger partial charge in [-0.05, 0) is 41.1 Å². The highest BCUT2D eigenvalue weighted by atomic mass is 79.9. The van der Waals surface area contributed by atoms with Crippen LogP contribution in [0.15, 0.2) is 29.0 Å². The van der Waals surface area contributed by atoms with Gasteiger partial charge in [-0.3, -0.25) is 0 Å². The van der Waals surface area contributed by atoms with E-state index in [0.29, 0.717) is 5.56 Å². The molecule has 2 rings (SSSR count). The quantitative estimate of drug-likeness (QED) is 0.946. The van der Waals surface area contributed by atoms with Crippen molar-refractivity contribution < 1.29 is 0 Å². The summed E-state index contributed by atoms with van der Waals surface area (Å²) in [6.45, 7) is 2.01. The summed E-state index contributed by atoms with van der Waals surface area (Å²) in [6.07, 6.45) is 1.67. The van der Waals surface area contributed by atoms with Crippen LogP contribution in [0.2, 0.25) is 0 Å². The molecule has 0 aliphatic rings. The van der Waals surface area contributed by atoms with Crippen LogP contribution in [0.3, 0.4) is 0 Å². The third-order valence-electron chi connectivity index (χ3n) is 2.61. The summed E-state index contributed by atoms with van der Waals surface area (Å²) in [5.41, 5.74) is 1.54. The minimum atomic E-state index is 0.0392. The minimum absolute atomic E-state index is 0.0392. The number of nitrogens with one attached hydrogen (secondary N) is 1. The largest absolute Gasteiger partial charge is 0.375 e. The van der Waals surface area contributed by atoms with Gasteiger partial charge in [0.2, 0.25) is 0 Å². The number of anilines is 1. The van der Waals surface area contributed by atoms with E-state index >= 15 is 0 Å². The monoisotopic (exact) mass is 305 g/mol. The summed E-state index contributed by atoms with van der Waals surface area (Å²) < 4.78 is 2.65. The molecule has 1 aromatic heterocycles. The second-order valence-electron chi connectivity index (χ2n) is 3.97. The van der Waals surface area contributed by atoms with Gasteiger partial charge in [-0.1, -0.05) is 0 Å². The summed E-state index contributed by atoms with van der Waals surface area (Å²) in [5, 5.41) is 20.1. The van der Waals surface area contributed by atoms with Crippen LogP contribution in [-0.4, -0.2) is 14.8 Å². The van der Waals surface area contributed by atoms with Crippen molar-refractivity contribution in [1.29, 1.82) is 5.26 Å². The fourth-order valence-corrected chi connectivity index (χ4v) is 2.16. The molecule has 0 bridgehead atoms. The molecular formula is C12H12BrN5. The van der Waals surface area contributed by atoms with E-state index in [4.69, 9.17) is 5.26 Å². The molecule has 18 heavy (non-hydrogen) atoms. The Balaban J connectivity index is 2.18. The fraction of sp³-hybridized carbons (Fsp3) is 0.250. The number of hydrogen-bond acceptors (Lipinski definition) is 4. The zero-order valence-electron chi connectivity index (χ0n) is 10.1. The van der Waals surface area contributed by atoms with Crippen LogP contribution in [0.25, 0.3) is 0 Å². The van der Waals surface area contributed by atoms with E-state index in [-0.39, 0.29) is 6.04 Å². The lowest BCUT2D eigenvalue weighted by molar-refractivity contribution is 0.719. The molecule has 1 N–H and O–H groups in total. The van der Waals surface area contributed by atoms with E-state index in [0.717, 1.165) is 16.0 Å². The molecule has 1 atom stereocenters. The van der Waals surface area contributed by atoms with E-state index in [2.05, 4.69) is 37.5 Å². The first-order valence-electron chi connectivity index (χ1n) is 5.42. The van der Waals surface area contributed by atoms with Crippen molar-refractivity contribution in [3.05, 3.63) is 40.4 Å². The molecule has 0 fully saturated rings. The number of halogens is 1. The number of nitrogens with zero attached hydrogens (tertiary/aromatic N) is 4. The van der Waals surface area contributed by atoms with Crippen LogP contribution in [0, 0.1) is 11.3 Å². The molecule has 0 amide bonds. The lowest BCUT2D eigenvalue weighted by Gasteiger charge is -2.14. The van der Waals surface area contributed by atoms with E-state index in [1.54, 1.807) is 12.4 Å². The molecule has 0 saturated heterocycles. The topological polar surface area (TPSA) is 66.5 Å². The van der Waals surface area contributed by atoms with E-state index in [1.165, 1.54) is 0 Å². The van der Waals surface area contributed by atoms with Gasteiger partial charge in [0, 0.05) is 17.2 Å². The second-order valence-corrected chi connectivity index (χ2v) is 4.83. The zero-order valence-corrected chi connectivity index (χ0v) is 11.6. The molecule has 0 aliphatic carbocycles. The van der Waals surface area contributed by atoms with E-state index < -0.39 is 0 Å². The van der Waals surface area contributed by atoms with E-state index in [1.807, 2.05) is 30.7 Å². The van der Waals surface area contributed by atoms with Crippen molar-refractivity contribution in [2.75, 3.05) is 5.32 Å². The number of aryl methyl sites for hydroxylation is 1. The Bertz CT molecular complexity index is 599. The van der Waals surface area contributed by atoms with Crippen molar-refractivity contribution >= 4 is 21.6 Å². The van der Waals surface area contributed by atoms with Gasteiger partial charge in [0.05, 0.1) is 11.6 Å². The Morgan fingerprint density at radius 2 is 2.28 bits per heavy atom. The third kappa shape index (κ3) is 2.51. The maximum absolute atomic E-state index is 8.86. The Kier molecular flexibility index (Phi) is 3.63. The van der Waals surface area contributed by atoms with Gasteiger partial charge < -0.3 is 9.88 Å². The highest BCUT2D eigenvalue weighted by Gasteiger charge is 2.11. The SMILES string of the molecule is CC(Nc1ccc(C#N)c(Br)c1)c1nncn1C. The maximum atomic E-state index is 8.86. The molecule has 1 aromatic carbocycles. The van der Waals surface area contributed by atoms with Gasteiger partial charge >= 0.3 is 0 Å². The van der Waals surface area contributed by atoms with Gasteiger partial charge in [-0.15, -0.1) is 10.2 Å². The Morgan fingerprint density at radius 3 is 2.83 bits per heavy atom. The Hall–Kier alpha value is -1.87. The van der Waals surface area contributed by atoms with Crippen molar-refractivity contribution in [3.8, 4) is 6.07 Å². The lowest BCUT2D eigenvalue weighted by atomic mass is 10.2. The molecule has 2 aromatic rings. The van der Waals surface area contributed by atoms with Crippen LogP contribution in [0.5, 0.6) is 0 Å². The predicted octanol–water partition coefficient (Wildman–Crippen LogP) is 2.62. The van der Waals surface area contributed by atoms with Gasteiger partial charge in [0.15, 0.2) is 5.82 Å². The fourth-order valence-electron chi connectivity index (χ4n) is 1.69. The molecular weight excluding hydrogens is 294 g/mol. The number of rotatable bonds is 3. The number of aromatic nitrogens is 3. The van der Waals surface area contributed by atoms with Gasteiger partial charge in [-0.25, -0.2) is 0 Å². The summed E-state index contributed by atoms with van der Waals surface area (Å²) in [7, 11) is 1.90. The standard InChI is InChI=1S/C12H12BrN5/c1-8(12-17-15-7-18(12)2)16-10-4-3-9(6-14)11(13)5-10/h3-5,7-8,16H,1-2H3. The molecule has 0 aliphatic heterocycles. The summed E-state index contributed by atoms with van der Waals surface area (Å²) in [6, 6.07) is 7.68. The summed E-state index contributed by atoms with van der Waals surface area (Å²) in [5.74, 6) is 0.857. The highest BCUT2D eigenvalue weighted by molar-refractivity contribution is 9.10. The molecule has 0 saturated carbocycles. The van der Waals surface area contributed by atoms with Crippen molar-refractivity contribution in [2.45, 2.75) is 13.0 Å². The molecule has 1 heterocycles. The van der Waals surface area contributed by atoms with Crippen molar-refractivity contribution in [2.24, 2.45) is 7.05 Å². The average molecular weight is 306 g/mol. The zero-order chi connectivity index (χ0) is 13.1. The van der Waals surface area contributed by atoms with Gasteiger partial charge in [0.25, 0.3) is 0 Å². The Labute approximate surface area is 114 Å². The number of hydrogen-bond donors (Lipinski definition) is 1. The average Bonchev–Trinajstić information content (AvgIpc) is 2.76. The van der Waals surface area contributed by atoms with Crippen LogP contribution < -0.4 is 5.32 Å². The number of nitriles is 1. The molecule has 0 spiro atoms. The Morgan fingerprint density at radius 1 is 1.50 bits per heavy atom. The maximum Gasteiger partial charge on any atom is 0.154 e. The third-order valence-corrected chi connectivity index (χ3v) is 3.26. The molecule has 1 unspecified atom stereocenters. The van der Waals surface area contributed by atoms with Gasteiger partial charge in [0.1, 0.15) is 12.4 Å². The van der Waals surface area contributed by atoms with Crippen molar-refractivity contribution in [1.82, 2.24) is 14.8 Å². The first-order chi connectivity index (χ1) is 8.61. The molecule has 0 radical (unpaired) electrons. The molecule has 92 valence electrons. The molecule has 6 heteroatoms.